The summed E-state index contributed by atoms with van der Waals surface area (Å²) < 4.78 is 13.4. The molecule has 90 valence electrons. The third-order valence-electron chi connectivity index (χ3n) is 2.74. The zero-order valence-corrected chi connectivity index (χ0v) is 9.57. The summed E-state index contributed by atoms with van der Waals surface area (Å²) in [4.78, 5) is 28.1. The van der Waals surface area contributed by atoms with Crippen molar-refractivity contribution in [2.75, 3.05) is 0 Å². The molecule has 4 nitrogen and oxygen atoms in total. The summed E-state index contributed by atoms with van der Waals surface area (Å²) in [7, 11) is 0. The molecule has 1 aliphatic heterocycles. The molecule has 1 aromatic carbocycles. The molecule has 0 unspecified atom stereocenters. The molecule has 1 heterocycles. The number of rotatable bonds is 2. The fraction of sp³-hybridized carbons (Fsp3) is 0.333. The normalized spacial score (nSPS) is 18.4. The van der Waals surface area contributed by atoms with Gasteiger partial charge in [0.25, 0.3) is 5.91 Å². The van der Waals surface area contributed by atoms with Gasteiger partial charge >= 0.3 is 5.97 Å². The van der Waals surface area contributed by atoms with Gasteiger partial charge in [0.15, 0.2) is 0 Å². The number of halogens is 1. The first-order chi connectivity index (χ1) is 7.93. The predicted octanol–water partition coefficient (Wildman–Crippen LogP) is 1.65. The highest BCUT2D eigenvalue weighted by molar-refractivity contribution is 6.05. The van der Waals surface area contributed by atoms with Crippen LogP contribution in [0, 0.1) is 11.2 Å². The molecule has 0 spiro atoms. The molecule has 1 aromatic rings. The number of nitrogens with zero attached hydrogens (tertiary/aromatic N) is 1. The van der Waals surface area contributed by atoms with Crippen molar-refractivity contribution < 1.29 is 18.8 Å². The van der Waals surface area contributed by atoms with Crippen LogP contribution in [0.2, 0.25) is 0 Å². The second-order valence-electron chi connectivity index (χ2n) is 4.44. The first kappa shape index (κ1) is 11.6. The Kier molecular flexibility index (Phi) is 2.61. The van der Waals surface area contributed by atoms with Gasteiger partial charge in [-0.2, -0.15) is 5.06 Å². The Bertz CT molecular complexity index is 484. The molecule has 1 fully saturated rings. The third-order valence-corrected chi connectivity index (χ3v) is 2.74. The van der Waals surface area contributed by atoms with Crippen molar-refractivity contribution in [3.63, 3.8) is 0 Å². The van der Waals surface area contributed by atoms with Crippen molar-refractivity contribution in [3.8, 4) is 0 Å². The average molecular weight is 237 g/mol. The van der Waals surface area contributed by atoms with Crippen LogP contribution in [0.3, 0.4) is 0 Å². The van der Waals surface area contributed by atoms with Gasteiger partial charge < -0.3 is 4.84 Å². The molecule has 0 radical (unpaired) electrons. The first-order valence-electron chi connectivity index (χ1n) is 5.20. The summed E-state index contributed by atoms with van der Waals surface area (Å²) >= 11 is 0. The fourth-order valence-electron chi connectivity index (χ4n) is 1.54. The van der Waals surface area contributed by atoms with Crippen LogP contribution in [0.4, 0.5) is 4.39 Å². The first-order valence-corrected chi connectivity index (χ1v) is 5.20. The lowest BCUT2D eigenvalue weighted by Gasteiger charge is -2.14. The van der Waals surface area contributed by atoms with E-state index >= 15 is 0 Å². The monoisotopic (exact) mass is 237 g/mol. The smallest absolute Gasteiger partial charge is 0.337 e. The van der Waals surface area contributed by atoms with Crippen LogP contribution in [-0.2, 0) is 21.0 Å². The maximum absolute atomic E-state index is 13.4. The molecule has 0 bridgehead atoms. The Hall–Kier alpha value is -1.91. The van der Waals surface area contributed by atoms with Crippen molar-refractivity contribution in [1.29, 1.82) is 0 Å². The molecule has 0 atom stereocenters. The summed E-state index contributed by atoms with van der Waals surface area (Å²) in [5.74, 6) is -1.49. The number of hydroxylamine groups is 2. The van der Waals surface area contributed by atoms with E-state index in [1.165, 1.54) is 19.9 Å². The van der Waals surface area contributed by atoms with E-state index in [2.05, 4.69) is 0 Å². The molecule has 1 amide bonds. The largest absolute Gasteiger partial charge is 0.347 e. The zero-order chi connectivity index (χ0) is 12.6. The van der Waals surface area contributed by atoms with Crippen LogP contribution < -0.4 is 0 Å². The van der Waals surface area contributed by atoms with Crippen molar-refractivity contribution in [1.82, 2.24) is 5.06 Å². The van der Waals surface area contributed by atoms with Gasteiger partial charge in [-0.3, -0.25) is 4.79 Å². The van der Waals surface area contributed by atoms with Gasteiger partial charge in [0, 0.05) is 5.56 Å². The van der Waals surface area contributed by atoms with Gasteiger partial charge in [-0.1, -0.05) is 18.2 Å². The van der Waals surface area contributed by atoms with E-state index in [4.69, 9.17) is 4.84 Å². The SMILES string of the molecule is CC1(C)C(=O)ON(Cc2ccccc2F)C1=O. The standard InChI is InChI=1S/C12H12FNO3/c1-12(2)10(15)14(17-11(12)16)7-8-5-3-4-6-9(8)13/h3-6H,7H2,1-2H3. The third kappa shape index (κ3) is 1.88. The molecular formula is C12H12FNO3. The summed E-state index contributed by atoms with van der Waals surface area (Å²) in [5, 5.41) is 0.904. The fourth-order valence-corrected chi connectivity index (χ4v) is 1.54. The molecule has 0 saturated carbocycles. The quantitative estimate of drug-likeness (QED) is 0.735. The Morgan fingerprint density at radius 2 is 1.94 bits per heavy atom. The van der Waals surface area contributed by atoms with E-state index in [0.717, 1.165) is 5.06 Å². The van der Waals surface area contributed by atoms with Gasteiger partial charge in [0.2, 0.25) is 0 Å². The highest BCUT2D eigenvalue weighted by atomic mass is 19.1. The molecule has 1 saturated heterocycles. The van der Waals surface area contributed by atoms with E-state index < -0.39 is 23.1 Å². The van der Waals surface area contributed by atoms with Gasteiger partial charge in [-0.15, -0.1) is 0 Å². The van der Waals surface area contributed by atoms with Crippen LogP contribution >= 0.6 is 0 Å². The molecule has 2 rings (SSSR count). The lowest BCUT2D eigenvalue weighted by Crippen LogP contribution is -2.31. The molecule has 5 heteroatoms. The lowest BCUT2D eigenvalue weighted by molar-refractivity contribution is -0.180. The minimum Gasteiger partial charge on any atom is -0.337 e. The van der Waals surface area contributed by atoms with Gasteiger partial charge in [-0.05, 0) is 19.9 Å². The van der Waals surface area contributed by atoms with Crippen molar-refractivity contribution in [2.24, 2.45) is 5.41 Å². The van der Waals surface area contributed by atoms with Crippen LogP contribution in [-0.4, -0.2) is 16.9 Å². The Balaban J connectivity index is 2.20. The summed E-state index contributed by atoms with van der Waals surface area (Å²) in [6.45, 7) is 2.90. The van der Waals surface area contributed by atoms with E-state index in [9.17, 15) is 14.0 Å². The second kappa shape index (κ2) is 3.84. The Morgan fingerprint density at radius 1 is 1.29 bits per heavy atom. The molecule has 1 aliphatic rings. The number of benzene rings is 1. The molecule has 0 N–H and O–H groups in total. The van der Waals surface area contributed by atoms with E-state index in [1.807, 2.05) is 0 Å². The summed E-state index contributed by atoms with van der Waals surface area (Å²) in [6.07, 6.45) is 0. The Morgan fingerprint density at radius 3 is 2.47 bits per heavy atom. The second-order valence-corrected chi connectivity index (χ2v) is 4.44. The minimum absolute atomic E-state index is 0.0688. The van der Waals surface area contributed by atoms with Crippen molar-refractivity contribution in [2.45, 2.75) is 20.4 Å². The predicted molar refractivity (Wildman–Crippen MR) is 56.8 cm³/mol. The molecule has 0 aromatic heterocycles. The zero-order valence-electron chi connectivity index (χ0n) is 9.57. The van der Waals surface area contributed by atoms with Crippen LogP contribution in [0.1, 0.15) is 19.4 Å². The van der Waals surface area contributed by atoms with Crippen molar-refractivity contribution >= 4 is 11.9 Å². The summed E-state index contributed by atoms with van der Waals surface area (Å²) in [5.41, 5.74) is -0.878. The molecule has 17 heavy (non-hydrogen) atoms. The minimum atomic E-state index is -1.19. The lowest BCUT2D eigenvalue weighted by atomic mass is 9.94. The Labute approximate surface area is 97.9 Å². The number of hydrogen-bond acceptors (Lipinski definition) is 3. The number of hydrogen-bond donors (Lipinski definition) is 0. The molecular weight excluding hydrogens is 225 g/mol. The van der Waals surface area contributed by atoms with E-state index in [-0.39, 0.29) is 6.54 Å². The highest BCUT2D eigenvalue weighted by Gasteiger charge is 2.49. The van der Waals surface area contributed by atoms with Gasteiger partial charge in [0.1, 0.15) is 11.2 Å². The maximum atomic E-state index is 13.4. The van der Waals surface area contributed by atoms with Gasteiger partial charge in [-0.25, -0.2) is 9.18 Å². The number of carbonyl (C=O) groups excluding carboxylic acids is 2. The van der Waals surface area contributed by atoms with E-state index in [0.29, 0.717) is 5.56 Å². The van der Waals surface area contributed by atoms with Crippen molar-refractivity contribution in [3.05, 3.63) is 35.6 Å². The maximum Gasteiger partial charge on any atom is 0.347 e. The topological polar surface area (TPSA) is 46.6 Å². The van der Waals surface area contributed by atoms with Crippen LogP contribution in [0.5, 0.6) is 0 Å². The number of amides is 1. The number of carbonyl (C=O) groups is 2. The van der Waals surface area contributed by atoms with Crippen LogP contribution in [0.15, 0.2) is 24.3 Å². The van der Waals surface area contributed by atoms with E-state index in [1.54, 1.807) is 18.2 Å². The highest BCUT2D eigenvalue weighted by Crippen LogP contribution is 2.29. The average Bonchev–Trinajstić information content (AvgIpc) is 2.46. The molecule has 0 aliphatic carbocycles. The van der Waals surface area contributed by atoms with Gasteiger partial charge in [0.05, 0.1) is 6.54 Å². The van der Waals surface area contributed by atoms with Crippen LogP contribution in [0.25, 0.3) is 0 Å². The summed E-state index contributed by atoms with van der Waals surface area (Å²) in [6, 6.07) is 6.05.